The lowest BCUT2D eigenvalue weighted by Crippen LogP contribution is -2.52. The van der Waals surface area contributed by atoms with Crippen molar-refractivity contribution >= 4 is 27.7 Å². The Morgan fingerprint density at radius 3 is 2.83 bits per heavy atom. The summed E-state index contributed by atoms with van der Waals surface area (Å²) >= 11 is 3.38. The molecule has 2 fully saturated rings. The average Bonchev–Trinajstić information content (AvgIpc) is 3.18. The van der Waals surface area contributed by atoms with Crippen LogP contribution in [0.1, 0.15) is 25.7 Å². The highest BCUT2D eigenvalue weighted by molar-refractivity contribution is 9.10. The molecule has 1 saturated heterocycles. The van der Waals surface area contributed by atoms with Gasteiger partial charge in [0.2, 0.25) is 5.91 Å². The van der Waals surface area contributed by atoms with Gasteiger partial charge in [-0.15, -0.1) is 0 Å². The molecule has 0 spiro atoms. The first-order chi connectivity index (χ1) is 8.72. The number of hydrogen-bond donors (Lipinski definition) is 2. The number of aromatic nitrogens is 1. The van der Waals surface area contributed by atoms with Crippen LogP contribution in [-0.4, -0.2) is 23.0 Å². The van der Waals surface area contributed by atoms with E-state index in [1.54, 1.807) is 6.20 Å². The first-order valence-electron chi connectivity index (χ1n) is 6.40. The molecule has 2 unspecified atom stereocenters. The number of carbonyl (C=O) groups excluding carboxylic acids is 1. The first kappa shape index (κ1) is 12.0. The van der Waals surface area contributed by atoms with Gasteiger partial charge < -0.3 is 10.6 Å². The lowest BCUT2D eigenvalue weighted by atomic mass is 9.94. The van der Waals surface area contributed by atoms with Crippen molar-refractivity contribution in [3.63, 3.8) is 0 Å². The van der Waals surface area contributed by atoms with E-state index in [9.17, 15) is 4.79 Å². The summed E-state index contributed by atoms with van der Waals surface area (Å²) in [5.74, 6) is 1.72. The van der Waals surface area contributed by atoms with Gasteiger partial charge in [0.05, 0.1) is 6.04 Å². The Hall–Kier alpha value is -1.10. The van der Waals surface area contributed by atoms with Crippen molar-refractivity contribution in [1.82, 2.24) is 10.3 Å². The van der Waals surface area contributed by atoms with Crippen molar-refractivity contribution in [1.29, 1.82) is 0 Å². The summed E-state index contributed by atoms with van der Waals surface area (Å²) in [5.41, 5.74) is 0. The van der Waals surface area contributed by atoms with E-state index >= 15 is 0 Å². The molecule has 2 aliphatic rings. The topological polar surface area (TPSA) is 54.0 Å². The first-order valence-corrected chi connectivity index (χ1v) is 7.19. The summed E-state index contributed by atoms with van der Waals surface area (Å²) in [6, 6.07) is 4.52. The fourth-order valence-electron chi connectivity index (χ4n) is 2.54. The Morgan fingerprint density at radius 2 is 2.17 bits per heavy atom. The maximum absolute atomic E-state index is 11.5. The fourth-order valence-corrected chi connectivity index (χ4v) is 2.77. The van der Waals surface area contributed by atoms with Crippen LogP contribution in [-0.2, 0) is 4.79 Å². The van der Waals surface area contributed by atoms with Crippen LogP contribution in [0.5, 0.6) is 0 Å². The summed E-state index contributed by atoms with van der Waals surface area (Å²) in [6.45, 7) is 0. The molecule has 1 amide bonds. The summed E-state index contributed by atoms with van der Waals surface area (Å²) in [4.78, 5) is 15.8. The number of anilines is 1. The van der Waals surface area contributed by atoms with Crippen LogP contribution in [0.15, 0.2) is 22.8 Å². The lowest BCUT2D eigenvalue weighted by molar-refractivity contribution is -0.123. The summed E-state index contributed by atoms with van der Waals surface area (Å²) < 4.78 is 0.976. The third kappa shape index (κ3) is 2.66. The second kappa shape index (κ2) is 4.88. The Morgan fingerprint density at radius 1 is 1.33 bits per heavy atom. The molecule has 3 rings (SSSR count). The predicted molar refractivity (Wildman–Crippen MR) is 73.2 cm³/mol. The molecule has 5 heteroatoms. The Kier molecular flexibility index (Phi) is 3.24. The number of pyridine rings is 1. The van der Waals surface area contributed by atoms with Crippen molar-refractivity contribution in [3.05, 3.63) is 22.8 Å². The van der Waals surface area contributed by atoms with E-state index in [1.807, 2.05) is 12.1 Å². The number of halogens is 1. The molecule has 4 nitrogen and oxygen atoms in total. The summed E-state index contributed by atoms with van der Waals surface area (Å²) in [6.07, 6.45) is 5.76. The van der Waals surface area contributed by atoms with Gasteiger partial charge in [-0.05, 0) is 53.2 Å². The summed E-state index contributed by atoms with van der Waals surface area (Å²) in [5, 5.41) is 6.57. The van der Waals surface area contributed by atoms with E-state index in [0.717, 1.165) is 16.7 Å². The highest BCUT2D eigenvalue weighted by Crippen LogP contribution is 2.36. The van der Waals surface area contributed by atoms with Gasteiger partial charge in [0.15, 0.2) is 0 Å². The molecule has 1 aromatic rings. The van der Waals surface area contributed by atoms with Gasteiger partial charge in [-0.2, -0.15) is 0 Å². The minimum atomic E-state index is 0.189. The van der Waals surface area contributed by atoms with Crippen molar-refractivity contribution < 1.29 is 4.79 Å². The van der Waals surface area contributed by atoms with Gasteiger partial charge in [-0.1, -0.05) is 0 Å². The van der Waals surface area contributed by atoms with Crippen LogP contribution >= 0.6 is 15.9 Å². The highest BCUT2D eigenvalue weighted by atomic mass is 79.9. The molecular weight excluding hydrogens is 294 g/mol. The van der Waals surface area contributed by atoms with Crippen LogP contribution in [0.2, 0.25) is 0 Å². The minimum absolute atomic E-state index is 0.189. The number of hydrogen-bond acceptors (Lipinski definition) is 3. The van der Waals surface area contributed by atoms with E-state index in [-0.39, 0.29) is 11.9 Å². The molecule has 2 N–H and O–H groups in total. The van der Waals surface area contributed by atoms with Crippen LogP contribution in [0.3, 0.4) is 0 Å². The van der Waals surface area contributed by atoms with Crippen LogP contribution in [0.25, 0.3) is 0 Å². The van der Waals surface area contributed by atoms with Gasteiger partial charge in [-0.25, -0.2) is 4.98 Å². The number of nitrogens with one attached hydrogen (secondary N) is 2. The molecule has 0 radical (unpaired) electrons. The molecule has 1 aromatic heterocycles. The largest absolute Gasteiger partial charge is 0.365 e. The lowest BCUT2D eigenvalue weighted by Gasteiger charge is -2.33. The van der Waals surface area contributed by atoms with E-state index in [0.29, 0.717) is 18.4 Å². The van der Waals surface area contributed by atoms with Crippen LogP contribution < -0.4 is 10.6 Å². The van der Waals surface area contributed by atoms with Crippen molar-refractivity contribution in [2.75, 3.05) is 5.32 Å². The fraction of sp³-hybridized carbons (Fsp3) is 0.538. The van der Waals surface area contributed by atoms with Crippen LogP contribution in [0, 0.1) is 5.92 Å². The summed E-state index contributed by atoms with van der Waals surface area (Å²) in [7, 11) is 0. The minimum Gasteiger partial charge on any atom is -0.365 e. The van der Waals surface area contributed by atoms with Crippen molar-refractivity contribution in [2.45, 2.75) is 37.8 Å². The molecule has 2 heterocycles. The van der Waals surface area contributed by atoms with Gasteiger partial charge in [0.1, 0.15) is 5.82 Å². The number of amides is 1. The van der Waals surface area contributed by atoms with Gasteiger partial charge in [0, 0.05) is 23.1 Å². The van der Waals surface area contributed by atoms with Gasteiger partial charge in [-0.3, -0.25) is 4.79 Å². The van der Waals surface area contributed by atoms with Crippen molar-refractivity contribution in [2.24, 2.45) is 5.92 Å². The predicted octanol–water partition coefficient (Wildman–Crippen LogP) is 2.31. The maximum atomic E-state index is 11.5. The molecule has 96 valence electrons. The van der Waals surface area contributed by atoms with Crippen LogP contribution in [0.4, 0.5) is 5.82 Å². The smallest absolute Gasteiger partial charge is 0.220 e. The zero-order valence-corrected chi connectivity index (χ0v) is 11.6. The monoisotopic (exact) mass is 309 g/mol. The molecular formula is C13H16BrN3O. The number of rotatable bonds is 3. The second-order valence-corrected chi connectivity index (χ2v) is 6.00. The molecule has 2 atom stereocenters. The molecule has 18 heavy (non-hydrogen) atoms. The van der Waals surface area contributed by atoms with Gasteiger partial charge in [0.25, 0.3) is 0 Å². The molecule has 0 bridgehead atoms. The van der Waals surface area contributed by atoms with Gasteiger partial charge >= 0.3 is 0 Å². The zero-order chi connectivity index (χ0) is 12.5. The Balaban J connectivity index is 1.69. The SMILES string of the molecule is O=C1CCC(Nc2ccc(Br)cn2)C(C2CC2)N1. The van der Waals surface area contributed by atoms with E-state index in [2.05, 4.69) is 31.5 Å². The highest BCUT2D eigenvalue weighted by Gasteiger charge is 2.40. The quantitative estimate of drug-likeness (QED) is 0.901. The normalized spacial score (nSPS) is 27.7. The van der Waals surface area contributed by atoms with E-state index in [4.69, 9.17) is 0 Å². The second-order valence-electron chi connectivity index (χ2n) is 5.08. The number of carbonyl (C=O) groups is 1. The zero-order valence-electron chi connectivity index (χ0n) is 10.0. The molecule has 1 aliphatic heterocycles. The van der Waals surface area contributed by atoms with Crippen molar-refractivity contribution in [3.8, 4) is 0 Å². The number of piperidine rings is 1. The van der Waals surface area contributed by atoms with E-state index in [1.165, 1.54) is 12.8 Å². The average molecular weight is 310 g/mol. The molecule has 1 aliphatic carbocycles. The molecule has 1 saturated carbocycles. The maximum Gasteiger partial charge on any atom is 0.220 e. The Bertz CT molecular complexity index is 444. The number of nitrogens with zero attached hydrogens (tertiary/aromatic N) is 1. The standard InChI is InChI=1S/C13H16BrN3O/c14-9-3-5-11(15-7-9)16-10-4-6-12(18)17-13(10)8-1-2-8/h3,5,7-8,10,13H,1-2,4,6H2,(H,15,16)(H,17,18). The van der Waals surface area contributed by atoms with E-state index < -0.39 is 0 Å². The third-order valence-electron chi connectivity index (χ3n) is 3.63. The third-order valence-corrected chi connectivity index (χ3v) is 4.10. The Labute approximate surface area is 115 Å². The molecule has 0 aromatic carbocycles.